The van der Waals surface area contributed by atoms with Gasteiger partial charge in [0.15, 0.2) is 0 Å². The van der Waals surface area contributed by atoms with Crippen molar-refractivity contribution in [2.45, 2.75) is 33.6 Å². The second-order valence-electron chi connectivity index (χ2n) is 5.41. The molecule has 0 aliphatic rings. The lowest BCUT2D eigenvalue weighted by Gasteiger charge is -2.22. The Balaban J connectivity index is 2.70. The molecule has 1 amide bonds. The molecule has 0 saturated carbocycles. The summed E-state index contributed by atoms with van der Waals surface area (Å²) in [5.74, 6) is -0.855. The van der Waals surface area contributed by atoms with Gasteiger partial charge in [-0.25, -0.2) is 0 Å². The van der Waals surface area contributed by atoms with Crippen molar-refractivity contribution in [2.75, 3.05) is 13.1 Å². The number of aliphatic carboxylic acids is 1. The Morgan fingerprint density at radius 1 is 1.15 bits per heavy atom. The minimum Gasteiger partial charge on any atom is -0.480 e. The van der Waals surface area contributed by atoms with Gasteiger partial charge in [-0.3, -0.25) is 9.59 Å². The van der Waals surface area contributed by atoms with Crippen molar-refractivity contribution >= 4 is 11.9 Å². The van der Waals surface area contributed by atoms with Crippen LogP contribution in [0, 0.1) is 5.92 Å². The normalized spacial score (nSPS) is 10.6. The molecule has 0 aliphatic carbocycles. The SMILES string of the molecule is CCc1ccc(CC(=O)N(CC(=O)O)CC(C)C)cc1. The van der Waals surface area contributed by atoms with Crippen LogP contribution in [0.3, 0.4) is 0 Å². The van der Waals surface area contributed by atoms with Crippen LogP contribution in [-0.4, -0.2) is 35.0 Å². The fourth-order valence-corrected chi connectivity index (χ4v) is 2.04. The number of carboxylic acids is 1. The van der Waals surface area contributed by atoms with Gasteiger partial charge in [0.2, 0.25) is 5.91 Å². The molecule has 4 heteroatoms. The average molecular weight is 277 g/mol. The van der Waals surface area contributed by atoms with Crippen molar-refractivity contribution < 1.29 is 14.7 Å². The van der Waals surface area contributed by atoms with Crippen LogP contribution in [0.4, 0.5) is 0 Å². The first-order valence-electron chi connectivity index (χ1n) is 6.99. The van der Waals surface area contributed by atoms with Gasteiger partial charge >= 0.3 is 5.97 Å². The summed E-state index contributed by atoms with van der Waals surface area (Å²) in [5.41, 5.74) is 2.15. The van der Waals surface area contributed by atoms with Crippen LogP contribution in [0.1, 0.15) is 31.9 Å². The van der Waals surface area contributed by atoms with Gasteiger partial charge in [0.25, 0.3) is 0 Å². The van der Waals surface area contributed by atoms with Crippen LogP contribution >= 0.6 is 0 Å². The van der Waals surface area contributed by atoms with Crippen molar-refractivity contribution in [3.63, 3.8) is 0 Å². The molecule has 0 aromatic heterocycles. The van der Waals surface area contributed by atoms with Gasteiger partial charge in [0.05, 0.1) is 6.42 Å². The summed E-state index contributed by atoms with van der Waals surface area (Å²) in [6.07, 6.45) is 1.22. The monoisotopic (exact) mass is 277 g/mol. The molecule has 0 heterocycles. The summed E-state index contributed by atoms with van der Waals surface area (Å²) in [6, 6.07) is 7.88. The summed E-state index contributed by atoms with van der Waals surface area (Å²) in [6.45, 7) is 6.26. The van der Waals surface area contributed by atoms with Gasteiger partial charge in [-0.05, 0) is 23.5 Å². The lowest BCUT2D eigenvalue weighted by molar-refractivity contribution is -0.144. The number of carboxylic acid groups (broad SMARTS) is 1. The number of hydrogen-bond donors (Lipinski definition) is 1. The lowest BCUT2D eigenvalue weighted by atomic mass is 10.1. The van der Waals surface area contributed by atoms with Crippen LogP contribution in [0.2, 0.25) is 0 Å². The van der Waals surface area contributed by atoms with Crippen LogP contribution in [0.15, 0.2) is 24.3 Å². The fourth-order valence-electron chi connectivity index (χ4n) is 2.04. The van der Waals surface area contributed by atoms with E-state index in [4.69, 9.17) is 5.11 Å². The van der Waals surface area contributed by atoms with Gasteiger partial charge in [-0.15, -0.1) is 0 Å². The predicted octanol–water partition coefficient (Wildman–Crippen LogP) is 2.36. The first-order valence-corrected chi connectivity index (χ1v) is 6.99. The third-order valence-electron chi connectivity index (χ3n) is 3.05. The van der Waals surface area contributed by atoms with Gasteiger partial charge in [-0.2, -0.15) is 0 Å². The molecule has 0 radical (unpaired) electrons. The maximum atomic E-state index is 12.2. The Hall–Kier alpha value is -1.84. The van der Waals surface area contributed by atoms with Crippen LogP contribution < -0.4 is 0 Å². The molecule has 1 aromatic carbocycles. The Morgan fingerprint density at radius 2 is 1.70 bits per heavy atom. The van der Waals surface area contributed by atoms with Gasteiger partial charge in [-0.1, -0.05) is 45.0 Å². The molecule has 0 atom stereocenters. The number of amides is 1. The van der Waals surface area contributed by atoms with E-state index >= 15 is 0 Å². The highest BCUT2D eigenvalue weighted by Crippen LogP contribution is 2.08. The Morgan fingerprint density at radius 3 is 2.15 bits per heavy atom. The fraction of sp³-hybridized carbons (Fsp3) is 0.500. The Kier molecular flexibility index (Phi) is 6.22. The predicted molar refractivity (Wildman–Crippen MR) is 78.6 cm³/mol. The van der Waals surface area contributed by atoms with Crippen LogP contribution in [0.25, 0.3) is 0 Å². The molecule has 4 nitrogen and oxygen atoms in total. The second-order valence-corrected chi connectivity index (χ2v) is 5.41. The highest BCUT2D eigenvalue weighted by Gasteiger charge is 2.18. The van der Waals surface area contributed by atoms with E-state index in [1.165, 1.54) is 10.5 Å². The average Bonchev–Trinajstić information content (AvgIpc) is 2.37. The summed E-state index contributed by atoms with van der Waals surface area (Å²) < 4.78 is 0. The minimum absolute atomic E-state index is 0.134. The van der Waals surface area contributed by atoms with Gasteiger partial charge in [0.1, 0.15) is 6.54 Å². The number of rotatable bonds is 7. The lowest BCUT2D eigenvalue weighted by Crippen LogP contribution is -2.39. The molecule has 0 unspecified atom stereocenters. The van der Waals surface area contributed by atoms with E-state index in [9.17, 15) is 9.59 Å². The summed E-state index contributed by atoms with van der Waals surface area (Å²) in [4.78, 5) is 24.5. The Bertz CT molecular complexity index is 451. The van der Waals surface area contributed by atoms with Crippen molar-refractivity contribution in [3.8, 4) is 0 Å². The molecule has 1 rings (SSSR count). The molecule has 0 saturated heterocycles. The topological polar surface area (TPSA) is 57.6 Å². The van der Waals surface area contributed by atoms with Crippen LogP contribution in [0.5, 0.6) is 0 Å². The minimum atomic E-state index is -0.972. The zero-order valence-corrected chi connectivity index (χ0v) is 12.4. The number of hydrogen-bond acceptors (Lipinski definition) is 2. The maximum Gasteiger partial charge on any atom is 0.323 e. The first kappa shape index (κ1) is 16.2. The smallest absolute Gasteiger partial charge is 0.323 e. The van der Waals surface area contributed by atoms with Gasteiger partial charge in [0, 0.05) is 6.54 Å². The third-order valence-corrected chi connectivity index (χ3v) is 3.05. The summed E-state index contributed by atoms with van der Waals surface area (Å²) in [7, 11) is 0. The van der Waals surface area contributed by atoms with E-state index in [0.717, 1.165) is 12.0 Å². The zero-order chi connectivity index (χ0) is 15.1. The van der Waals surface area contributed by atoms with Crippen LogP contribution in [-0.2, 0) is 22.4 Å². The van der Waals surface area contributed by atoms with Crippen molar-refractivity contribution in [3.05, 3.63) is 35.4 Å². The number of benzene rings is 1. The molecule has 20 heavy (non-hydrogen) atoms. The van der Waals surface area contributed by atoms with E-state index in [2.05, 4.69) is 6.92 Å². The Labute approximate surface area is 120 Å². The molecule has 0 bridgehead atoms. The quantitative estimate of drug-likeness (QED) is 0.832. The summed E-state index contributed by atoms with van der Waals surface area (Å²) >= 11 is 0. The zero-order valence-electron chi connectivity index (χ0n) is 12.4. The van der Waals surface area contributed by atoms with E-state index in [1.807, 2.05) is 38.1 Å². The molecular weight excluding hydrogens is 254 g/mol. The van der Waals surface area contributed by atoms with E-state index in [0.29, 0.717) is 6.54 Å². The van der Waals surface area contributed by atoms with Crippen molar-refractivity contribution in [1.29, 1.82) is 0 Å². The number of nitrogens with zero attached hydrogens (tertiary/aromatic N) is 1. The first-order chi connectivity index (χ1) is 9.42. The van der Waals surface area contributed by atoms with E-state index < -0.39 is 5.97 Å². The number of carbonyl (C=O) groups excluding carboxylic acids is 1. The molecule has 0 spiro atoms. The molecule has 1 aromatic rings. The second kappa shape index (κ2) is 7.68. The number of carbonyl (C=O) groups is 2. The highest BCUT2D eigenvalue weighted by atomic mass is 16.4. The highest BCUT2D eigenvalue weighted by molar-refractivity contribution is 5.83. The molecule has 1 N–H and O–H groups in total. The number of aryl methyl sites for hydroxylation is 1. The molecule has 110 valence electrons. The van der Waals surface area contributed by atoms with Crippen molar-refractivity contribution in [1.82, 2.24) is 4.90 Å². The van der Waals surface area contributed by atoms with Crippen molar-refractivity contribution in [2.24, 2.45) is 5.92 Å². The maximum absolute atomic E-state index is 12.2. The summed E-state index contributed by atoms with van der Waals surface area (Å²) in [5, 5.41) is 8.89. The third kappa shape index (κ3) is 5.43. The van der Waals surface area contributed by atoms with Gasteiger partial charge < -0.3 is 10.0 Å². The molecule has 0 fully saturated rings. The largest absolute Gasteiger partial charge is 0.480 e. The van der Waals surface area contributed by atoms with E-state index in [-0.39, 0.29) is 24.8 Å². The molecule has 0 aliphatic heterocycles. The van der Waals surface area contributed by atoms with E-state index in [1.54, 1.807) is 0 Å². The standard InChI is InChI=1S/C16H23NO3/c1-4-13-5-7-14(8-6-13)9-15(18)17(10-12(2)3)11-16(19)20/h5-8,12H,4,9-11H2,1-3H3,(H,19,20). The molecular formula is C16H23NO3.